The van der Waals surface area contributed by atoms with E-state index in [1.165, 1.54) is 0 Å². The first-order valence-electron chi connectivity index (χ1n) is 4.92. The Kier molecular flexibility index (Phi) is 5.15. The van der Waals surface area contributed by atoms with Gasteiger partial charge in [-0.15, -0.1) is 0 Å². The van der Waals surface area contributed by atoms with Crippen LogP contribution in [0.3, 0.4) is 0 Å². The van der Waals surface area contributed by atoms with Crippen LogP contribution in [0.2, 0.25) is 0 Å². The summed E-state index contributed by atoms with van der Waals surface area (Å²) in [4.78, 5) is 10.4. The van der Waals surface area contributed by atoms with E-state index in [1.54, 1.807) is 24.3 Å². The molecule has 0 aliphatic rings. The van der Waals surface area contributed by atoms with Crippen LogP contribution in [-0.2, 0) is 16.1 Å². The topological polar surface area (TPSA) is 46.5 Å². The van der Waals surface area contributed by atoms with Gasteiger partial charge in [-0.2, -0.15) is 13.2 Å². The molecule has 0 saturated heterocycles. The van der Waals surface area contributed by atoms with E-state index in [0.29, 0.717) is 5.56 Å². The van der Waals surface area contributed by atoms with E-state index in [-0.39, 0.29) is 6.61 Å². The van der Waals surface area contributed by atoms with E-state index in [1.807, 2.05) is 0 Å². The van der Waals surface area contributed by atoms with Crippen molar-refractivity contribution < 1.29 is 27.8 Å². The molecule has 0 radical (unpaired) electrons. The monoisotopic (exact) mass is 326 g/mol. The molecule has 1 aromatic carbocycles. The third kappa shape index (κ3) is 4.66. The summed E-state index contributed by atoms with van der Waals surface area (Å²) < 4.78 is 42.5. The van der Waals surface area contributed by atoms with Gasteiger partial charge in [0.15, 0.2) is 5.92 Å². The van der Waals surface area contributed by atoms with Crippen LogP contribution in [0.1, 0.15) is 5.56 Å². The normalized spacial score (nSPS) is 13.3. The number of ether oxygens (including phenoxy) is 1. The van der Waals surface area contributed by atoms with Crippen LogP contribution in [-0.4, -0.2) is 23.9 Å². The van der Waals surface area contributed by atoms with Gasteiger partial charge in [0.2, 0.25) is 0 Å². The molecule has 0 fully saturated rings. The standard InChI is InChI=1S/C11H10BrF3O3/c12-8-3-1-2-7(4-8)5-18-6-9(10(16)17)11(13,14)15/h1-4,9H,5-6H2,(H,16,17). The van der Waals surface area contributed by atoms with Crippen LogP contribution in [0.4, 0.5) is 13.2 Å². The van der Waals surface area contributed by atoms with Crippen LogP contribution in [0.15, 0.2) is 28.7 Å². The number of carboxylic acids is 1. The lowest BCUT2D eigenvalue weighted by Crippen LogP contribution is -2.34. The van der Waals surface area contributed by atoms with Gasteiger partial charge in [0.05, 0.1) is 13.2 Å². The number of rotatable bonds is 5. The summed E-state index contributed by atoms with van der Waals surface area (Å²) in [6.07, 6.45) is -4.80. The molecular weight excluding hydrogens is 317 g/mol. The highest BCUT2D eigenvalue weighted by atomic mass is 79.9. The molecule has 0 spiro atoms. The maximum Gasteiger partial charge on any atom is 0.404 e. The SMILES string of the molecule is O=C(O)C(COCc1cccc(Br)c1)C(F)(F)F. The van der Waals surface area contributed by atoms with Crippen molar-refractivity contribution in [3.8, 4) is 0 Å². The lowest BCUT2D eigenvalue weighted by atomic mass is 10.1. The summed E-state index contributed by atoms with van der Waals surface area (Å²) in [5.41, 5.74) is 0.663. The van der Waals surface area contributed by atoms with Crippen LogP contribution >= 0.6 is 15.9 Å². The Labute approximate surface area is 110 Å². The van der Waals surface area contributed by atoms with Crippen molar-refractivity contribution >= 4 is 21.9 Å². The van der Waals surface area contributed by atoms with E-state index < -0.39 is 24.7 Å². The maximum absolute atomic E-state index is 12.3. The minimum absolute atomic E-state index is 0.0701. The molecule has 0 aromatic heterocycles. The van der Waals surface area contributed by atoms with Gasteiger partial charge in [0.1, 0.15) is 0 Å². The van der Waals surface area contributed by atoms with Crippen molar-refractivity contribution in [2.75, 3.05) is 6.61 Å². The number of aliphatic carboxylic acids is 1. The highest BCUT2D eigenvalue weighted by Crippen LogP contribution is 2.27. The van der Waals surface area contributed by atoms with E-state index >= 15 is 0 Å². The third-order valence-corrected chi connectivity index (χ3v) is 2.63. The fraction of sp³-hybridized carbons (Fsp3) is 0.364. The first-order valence-corrected chi connectivity index (χ1v) is 5.71. The Balaban J connectivity index is 2.52. The summed E-state index contributed by atoms with van der Waals surface area (Å²) in [5.74, 6) is -4.43. The molecule has 0 saturated carbocycles. The highest BCUT2D eigenvalue weighted by Gasteiger charge is 2.45. The minimum Gasteiger partial charge on any atom is -0.481 e. The van der Waals surface area contributed by atoms with Crippen molar-refractivity contribution in [2.24, 2.45) is 5.92 Å². The minimum atomic E-state index is -4.80. The van der Waals surface area contributed by atoms with Crippen LogP contribution in [0.25, 0.3) is 0 Å². The predicted molar refractivity (Wildman–Crippen MR) is 61.0 cm³/mol. The van der Waals surface area contributed by atoms with Crippen molar-refractivity contribution in [3.05, 3.63) is 34.3 Å². The van der Waals surface area contributed by atoms with E-state index in [2.05, 4.69) is 15.9 Å². The van der Waals surface area contributed by atoms with Crippen molar-refractivity contribution in [2.45, 2.75) is 12.8 Å². The zero-order valence-electron chi connectivity index (χ0n) is 9.08. The number of alkyl halides is 3. The number of carboxylic acid groups (broad SMARTS) is 1. The quantitative estimate of drug-likeness (QED) is 0.903. The fourth-order valence-electron chi connectivity index (χ4n) is 1.23. The molecule has 1 rings (SSSR count). The molecule has 0 aliphatic carbocycles. The van der Waals surface area contributed by atoms with E-state index in [0.717, 1.165) is 4.47 Å². The van der Waals surface area contributed by atoms with Crippen LogP contribution < -0.4 is 0 Å². The van der Waals surface area contributed by atoms with Crippen molar-refractivity contribution in [1.29, 1.82) is 0 Å². The smallest absolute Gasteiger partial charge is 0.404 e. The molecule has 3 nitrogen and oxygen atoms in total. The largest absolute Gasteiger partial charge is 0.481 e. The number of hydrogen-bond acceptors (Lipinski definition) is 2. The van der Waals surface area contributed by atoms with Crippen LogP contribution in [0.5, 0.6) is 0 Å². The fourth-order valence-corrected chi connectivity index (χ4v) is 1.67. The first kappa shape index (κ1) is 15.0. The van der Waals surface area contributed by atoms with Gasteiger partial charge >= 0.3 is 12.1 Å². The second-order valence-electron chi connectivity index (χ2n) is 3.58. The molecule has 7 heteroatoms. The van der Waals surface area contributed by atoms with Gasteiger partial charge in [-0.25, -0.2) is 0 Å². The Morgan fingerprint density at radius 2 is 2.11 bits per heavy atom. The predicted octanol–water partition coefficient (Wildman–Crippen LogP) is 3.23. The summed E-state index contributed by atoms with van der Waals surface area (Å²) >= 11 is 3.21. The lowest BCUT2D eigenvalue weighted by molar-refractivity contribution is -0.203. The molecule has 0 bridgehead atoms. The van der Waals surface area contributed by atoms with E-state index in [4.69, 9.17) is 9.84 Å². The lowest BCUT2D eigenvalue weighted by Gasteiger charge is -2.16. The molecule has 1 N–H and O–H groups in total. The van der Waals surface area contributed by atoms with Gasteiger partial charge < -0.3 is 9.84 Å². The molecule has 0 amide bonds. The second kappa shape index (κ2) is 6.19. The molecule has 1 atom stereocenters. The van der Waals surface area contributed by atoms with Crippen molar-refractivity contribution in [3.63, 3.8) is 0 Å². The average Bonchev–Trinajstić information content (AvgIpc) is 2.22. The van der Waals surface area contributed by atoms with E-state index in [9.17, 15) is 18.0 Å². The summed E-state index contributed by atoms with van der Waals surface area (Å²) in [6.45, 7) is -0.968. The summed E-state index contributed by atoms with van der Waals surface area (Å²) in [6, 6.07) is 6.83. The number of hydrogen-bond donors (Lipinski definition) is 1. The maximum atomic E-state index is 12.3. The number of carbonyl (C=O) groups is 1. The van der Waals surface area contributed by atoms with Gasteiger partial charge in [0, 0.05) is 4.47 Å². The summed E-state index contributed by atoms with van der Waals surface area (Å²) in [5, 5.41) is 8.44. The number of halogens is 4. The Hall–Kier alpha value is -1.08. The molecule has 0 heterocycles. The molecule has 18 heavy (non-hydrogen) atoms. The zero-order valence-corrected chi connectivity index (χ0v) is 10.7. The molecule has 100 valence electrons. The van der Waals surface area contributed by atoms with Crippen molar-refractivity contribution in [1.82, 2.24) is 0 Å². The molecule has 1 unspecified atom stereocenters. The Morgan fingerprint density at radius 3 is 2.61 bits per heavy atom. The Morgan fingerprint density at radius 1 is 1.44 bits per heavy atom. The average molecular weight is 327 g/mol. The second-order valence-corrected chi connectivity index (χ2v) is 4.49. The Bertz CT molecular complexity index is 420. The van der Waals surface area contributed by atoms with Gasteiger partial charge in [-0.05, 0) is 17.7 Å². The van der Waals surface area contributed by atoms with Gasteiger partial charge in [-0.1, -0.05) is 28.1 Å². The number of benzene rings is 1. The third-order valence-electron chi connectivity index (χ3n) is 2.14. The van der Waals surface area contributed by atoms with Crippen LogP contribution in [0, 0.1) is 5.92 Å². The van der Waals surface area contributed by atoms with Gasteiger partial charge in [-0.3, -0.25) is 4.79 Å². The summed E-state index contributed by atoms with van der Waals surface area (Å²) in [7, 11) is 0. The highest BCUT2D eigenvalue weighted by molar-refractivity contribution is 9.10. The molecular formula is C11H10BrF3O3. The molecule has 1 aromatic rings. The van der Waals surface area contributed by atoms with Gasteiger partial charge in [0.25, 0.3) is 0 Å². The zero-order chi connectivity index (χ0) is 13.8. The molecule has 0 aliphatic heterocycles. The first-order chi connectivity index (χ1) is 8.30.